The maximum Gasteiger partial charge on any atom is 0.216 e. The molecule has 0 bridgehead atoms. The van der Waals surface area contributed by atoms with Gasteiger partial charge >= 0.3 is 0 Å². The number of hydrogen-bond donors (Lipinski definition) is 2. The van der Waals surface area contributed by atoms with E-state index in [2.05, 4.69) is 41.7 Å². The maximum absolute atomic E-state index is 9.18. The zero-order chi connectivity index (χ0) is 16.4. The van der Waals surface area contributed by atoms with Gasteiger partial charge in [0.1, 0.15) is 11.6 Å². The van der Waals surface area contributed by atoms with Crippen molar-refractivity contribution in [1.82, 2.24) is 30.2 Å². The zero-order valence-corrected chi connectivity index (χ0v) is 13.3. The van der Waals surface area contributed by atoms with Gasteiger partial charge < -0.3 is 9.88 Å². The summed E-state index contributed by atoms with van der Waals surface area (Å²) in [6.07, 6.45) is 3.64. The molecule has 8 nitrogen and oxygen atoms in total. The molecule has 0 saturated heterocycles. The van der Waals surface area contributed by atoms with E-state index in [1.807, 2.05) is 30.3 Å². The largest absolute Gasteiger partial charge is 0.360 e. The van der Waals surface area contributed by atoms with E-state index in [9.17, 15) is 5.26 Å². The van der Waals surface area contributed by atoms with E-state index in [1.54, 1.807) is 18.0 Å². The van der Waals surface area contributed by atoms with Gasteiger partial charge in [-0.25, -0.2) is 4.98 Å². The molecule has 3 aromatic rings. The lowest BCUT2D eigenvalue weighted by molar-refractivity contribution is 0.719. The topological polar surface area (TPSA) is 108 Å². The number of allylic oxidation sites excluding steroid dienone is 1. The Hall–Kier alpha value is -3.12. The normalized spacial score (nSPS) is 13.5. The summed E-state index contributed by atoms with van der Waals surface area (Å²) in [6.45, 7) is 1.00. The van der Waals surface area contributed by atoms with E-state index in [0.717, 1.165) is 34.4 Å². The number of tetrazole rings is 1. The molecule has 1 aliphatic rings. The summed E-state index contributed by atoms with van der Waals surface area (Å²) in [5.41, 5.74) is 3.12. The molecule has 3 heterocycles. The fraction of sp³-hybridized carbons (Fsp3) is 0.133. The first kappa shape index (κ1) is 14.5. The van der Waals surface area contributed by atoms with Crippen LogP contribution in [0.5, 0.6) is 0 Å². The summed E-state index contributed by atoms with van der Waals surface area (Å²) >= 11 is 1.77. The van der Waals surface area contributed by atoms with E-state index in [1.165, 1.54) is 0 Å². The molecule has 24 heavy (non-hydrogen) atoms. The van der Waals surface area contributed by atoms with Gasteiger partial charge in [0.05, 0.1) is 5.69 Å². The first-order valence-electron chi connectivity index (χ1n) is 7.24. The molecular formula is C15H12N8S. The number of H-pyrrole nitrogens is 1. The van der Waals surface area contributed by atoms with Crippen molar-refractivity contribution in [1.29, 1.82) is 5.26 Å². The van der Waals surface area contributed by atoms with E-state index >= 15 is 0 Å². The summed E-state index contributed by atoms with van der Waals surface area (Å²) in [5, 5.41) is 26.7. The van der Waals surface area contributed by atoms with Crippen molar-refractivity contribution in [3.05, 3.63) is 42.5 Å². The number of thioether (sulfide) groups is 1. The number of benzene rings is 1. The molecule has 0 radical (unpaired) electrons. The number of aryl methyl sites for hydroxylation is 1. The van der Waals surface area contributed by atoms with Crippen molar-refractivity contribution in [3.8, 4) is 17.3 Å². The number of imidazole rings is 1. The summed E-state index contributed by atoms with van der Waals surface area (Å²) in [4.78, 5) is 4.65. The third kappa shape index (κ3) is 2.75. The number of rotatable bonds is 4. The quantitative estimate of drug-likeness (QED) is 0.703. The SMILES string of the molecule is N#CC(=CNc1cccc(-c2cn3c(n2)SCC3)c1)c1nn[nH]n1. The highest BCUT2D eigenvalue weighted by molar-refractivity contribution is 7.99. The molecule has 4 rings (SSSR count). The lowest BCUT2D eigenvalue weighted by Gasteiger charge is -2.04. The lowest BCUT2D eigenvalue weighted by Crippen LogP contribution is -1.93. The number of nitriles is 1. The van der Waals surface area contributed by atoms with Gasteiger partial charge in [-0.05, 0) is 17.3 Å². The first-order valence-corrected chi connectivity index (χ1v) is 8.23. The highest BCUT2D eigenvalue weighted by atomic mass is 32.2. The molecule has 1 aliphatic heterocycles. The number of aromatic amines is 1. The van der Waals surface area contributed by atoms with Crippen molar-refractivity contribution in [3.63, 3.8) is 0 Å². The molecule has 0 amide bonds. The number of nitrogens with zero attached hydrogens (tertiary/aromatic N) is 6. The van der Waals surface area contributed by atoms with Crippen LogP contribution in [0.3, 0.4) is 0 Å². The van der Waals surface area contributed by atoms with Crippen LogP contribution in [0, 0.1) is 11.3 Å². The Morgan fingerprint density at radius 3 is 3.21 bits per heavy atom. The molecular weight excluding hydrogens is 324 g/mol. The van der Waals surface area contributed by atoms with Gasteiger partial charge in [0.15, 0.2) is 5.16 Å². The van der Waals surface area contributed by atoms with Crippen molar-refractivity contribution in [2.45, 2.75) is 11.7 Å². The predicted octanol–water partition coefficient (Wildman–Crippen LogP) is 2.15. The molecule has 118 valence electrons. The maximum atomic E-state index is 9.18. The van der Waals surface area contributed by atoms with Crippen LogP contribution in [0.15, 0.2) is 41.8 Å². The van der Waals surface area contributed by atoms with E-state index in [-0.39, 0.29) is 5.82 Å². The number of anilines is 1. The van der Waals surface area contributed by atoms with Gasteiger partial charge in [0.2, 0.25) is 5.82 Å². The summed E-state index contributed by atoms with van der Waals surface area (Å²) in [5.74, 6) is 1.34. The second-order valence-corrected chi connectivity index (χ2v) is 6.14. The first-order chi connectivity index (χ1) is 11.8. The van der Waals surface area contributed by atoms with Crippen molar-refractivity contribution in [2.24, 2.45) is 0 Å². The number of nitrogens with one attached hydrogen (secondary N) is 2. The number of fused-ring (bicyclic) bond motifs is 1. The Morgan fingerprint density at radius 1 is 1.46 bits per heavy atom. The van der Waals surface area contributed by atoms with Crippen molar-refractivity contribution >= 4 is 23.0 Å². The van der Waals surface area contributed by atoms with Crippen LogP contribution in [0.4, 0.5) is 5.69 Å². The van der Waals surface area contributed by atoms with Crippen LogP contribution in [-0.4, -0.2) is 35.9 Å². The molecule has 0 spiro atoms. The fourth-order valence-electron chi connectivity index (χ4n) is 2.40. The standard InChI is InChI=1S/C15H12N8S/c16-7-11(14-19-21-22-20-14)8-17-12-3-1-2-10(6-12)13-9-23-4-5-24-15(23)18-13/h1-3,6,8-9,17H,4-5H2,(H,19,20,21,22). The third-order valence-electron chi connectivity index (χ3n) is 3.55. The summed E-state index contributed by atoms with van der Waals surface area (Å²) < 4.78 is 2.17. The average molecular weight is 336 g/mol. The Bertz CT molecular complexity index is 913. The number of aromatic nitrogens is 6. The third-order valence-corrected chi connectivity index (χ3v) is 4.52. The smallest absolute Gasteiger partial charge is 0.216 e. The minimum Gasteiger partial charge on any atom is -0.360 e. The monoisotopic (exact) mass is 336 g/mol. The van der Waals surface area contributed by atoms with E-state index in [0.29, 0.717) is 5.57 Å². The van der Waals surface area contributed by atoms with Crippen LogP contribution in [0.1, 0.15) is 5.82 Å². The Balaban J connectivity index is 1.57. The second-order valence-electron chi connectivity index (χ2n) is 5.08. The Labute approximate surface area is 141 Å². The fourth-order valence-corrected chi connectivity index (χ4v) is 3.34. The minimum absolute atomic E-state index is 0.253. The molecule has 0 atom stereocenters. The van der Waals surface area contributed by atoms with Gasteiger partial charge in [-0.1, -0.05) is 23.9 Å². The molecule has 0 saturated carbocycles. The Kier molecular flexibility index (Phi) is 3.72. The van der Waals surface area contributed by atoms with Crippen LogP contribution in [0.2, 0.25) is 0 Å². The van der Waals surface area contributed by atoms with Gasteiger partial charge in [-0.2, -0.15) is 10.5 Å². The summed E-state index contributed by atoms with van der Waals surface area (Å²) in [6, 6.07) is 9.92. The Morgan fingerprint density at radius 2 is 2.42 bits per heavy atom. The molecule has 0 fully saturated rings. The van der Waals surface area contributed by atoms with Crippen LogP contribution >= 0.6 is 11.8 Å². The van der Waals surface area contributed by atoms with Crippen molar-refractivity contribution < 1.29 is 0 Å². The summed E-state index contributed by atoms with van der Waals surface area (Å²) in [7, 11) is 0. The zero-order valence-electron chi connectivity index (χ0n) is 12.5. The van der Waals surface area contributed by atoms with Crippen LogP contribution < -0.4 is 5.32 Å². The van der Waals surface area contributed by atoms with Crippen molar-refractivity contribution in [2.75, 3.05) is 11.1 Å². The minimum atomic E-state index is 0.253. The molecule has 2 N–H and O–H groups in total. The van der Waals surface area contributed by atoms with E-state index in [4.69, 9.17) is 0 Å². The predicted molar refractivity (Wildman–Crippen MR) is 89.8 cm³/mol. The highest BCUT2D eigenvalue weighted by Crippen LogP contribution is 2.29. The molecule has 9 heteroatoms. The molecule has 0 aliphatic carbocycles. The highest BCUT2D eigenvalue weighted by Gasteiger charge is 2.15. The van der Waals surface area contributed by atoms with Gasteiger partial charge in [-0.15, -0.1) is 10.2 Å². The van der Waals surface area contributed by atoms with Crippen LogP contribution in [-0.2, 0) is 6.54 Å². The lowest BCUT2D eigenvalue weighted by atomic mass is 10.1. The average Bonchev–Trinajstić information content (AvgIpc) is 3.33. The van der Waals surface area contributed by atoms with Gasteiger partial charge in [-0.3, -0.25) is 0 Å². The van der Waals surface area contributed by atoms with E-state index < -0.39 is 0 Å². The van der Waals surface area contributed by atoms with Gasteiger partial charge in [0, 0.05) is 35.9 Å². The van der Waals surface area contributed by atoms with Crippen LogP contribution in [0.25, 0.3) is 16.8 Å². The number of hydrogen-bond acceptors (Lipinski definition) is 7. The molecule has 2 aromatic heterocycles. The molecule has 1 aromatic carbocycles. The molecule has 0 unspecified atom stereocenters. The van der Waals surface area contributed by atoms with Gasteiger partial charge in [0.25, 0.3) is 0 Å². The second kappa shape index (κ2) is 6.17.